The van der Waals surface area contributed by atoms with Crippen molar-refractivity contribution >= 4 is 15.9 Å². The highest BCUT2D eigenvalue weighted by Gasteiger charge is 2.43. The number of benzene rings is 3. The molecular formula is C26H26N2O6S. The van der Waals surface area contributed by atoms with E-state index in [-0.39, 0.29) is 36.6 Å². The van der Waals surface area contributed by atoms with E-state index in [1.165, 1.54) is 4.31 Å². The van der Waals surface area contributed by atoms with E-state index in [9.17, 15) is 13.2 Å². The number of amides is 1. The Bertz CT molecular complexity index is 1330. The molecule has 0 aromatic heterocycles. The van der Waals surface area contributed by atoms with Gasteiger partial charge < -0.3 is 19.5 Å². The first kappa shape index (κ1) is 23.2. The second-order valence-electron chi connectivity index (χ2n) is 8.53. The molecule has 0 saturated carbocycles. The van der Waals surface area contributed by atoms with Gasteiger partial charge in [-0.3, -0.25) is 4.79 Å². The number of nitrogens with one attached hydrogen (secondary N) is 1. The van der Waals surface area contributed by atoms with Gasteiger partial charge in [-0.15, -0.1) is 0 Å². The smallest absolute Gasteiger partial charge is 0.243 e. The average molecular weight is 495 g/mol. The molecule has 8 nitrogen and oxygen atoms in total. The average Bonchev–Trinajstić information content (AvgIpc) is 3.55. The molecule has 9 heteroatoms. The predicted molar refractivity (Wildman–Crippen MR) is 129 cm³/mol. The van der Waals surface area contributed by atoms with Crippen LogP contribution in [0.5, 0.6) is 17.2 Å². The van der Waals surface area contributed by atoms with Crippen LogP contribution < -0.4 is 19.5 Å². The lowest BCUT2D eigenvalue weighted by Gasteiger charge is -2.19. The minimum Gasteiger partial charge on any atom is -0.497 e. The lowest BCUT2D eigenvalue weighted by molar-refractivity contribution is -0.125. The van der Waals surface area contributed by atoms with Crippen LogP contribution in [0, 0.1) is 5.92 Å². The summed E-state index contributed by atoms with van der Waals surface area (Å²) in [6.45, 7) is 0.766. The van der Waals surface area contributed by atoms with Gasteiger partial charge in [0.05, 0.1) is 17.9 Å². The normalized spacial score (nSPS) is 19.5. The molecule has 1 amide bonds. The second kappa shape index (κ2) is 9.59. The molecule has 5 rings (SSSR count). The predicted octanol–water partition coefficient (Wildman–Crippen LogP) is 3.14. The van der Waals surface area contributed by atoms with Crippen molar-refractivity contribution < 1.29 is 27.4 Å². The summed E-state index contributed by atoms with van der Waals surface area (Å²) in [5.41, 5.74) is 1.73. The summed E-state index contributed by atoms with van der Waals surface area (Å²) in [5.74, 6) is 0.894. The van der Waals surface area contributed by atoms with Crippen molar-refractivity contribution in [3.63, 3.8) is 0 Å². The van der Waals surface area contributed by atoms with Crippen LogP contribution in [0.2, 0.25) is 0 Å². The fraction of sp³-hybridized carbons (Fsp3) is 0.269. The molecule has 1 saturated heterocycles. The SMILES string of the molecule is COc1cccc(C2CN(S(=O)(=O)c3ccccc3)CC2C(=O)NCc2ccc3c(c2)OCO3)c1. The number of methoxy groups -OCH3 is 1. The van der Waals surface area contributed by atoms with Gasteiger partial charge in [-0.2, -0.15) is 4.31 Å². The molecule has 182 valence electrons. The fourth-order valence-electron chi connectivity index (χ4n) is 4.55. The number of carbonyl (C=O) groups is 1. The Morgan fingerprint density at radius 2 is 1.80 bits per heavy atom. The van der Waals surface area contributed by atoms with Crippen LogP contribution in [0.4, 0.5) is 0 Å². The molecule has 2 atom stereocenters. The van der Waals surface area contributed by atoms with E-state index in [2.05, 4.69) is 5.32 Å². The van der Waals surface area contributed by atoms with Gasteiger partial charge in [-0.25, -0.2) is 8.42 Å². The highest BCUT2D eigenvalue weighted by atomic mass is 32.2. The van der Waals surface area contributed by atoms with Crippen molar-refractivity contribution in [3.8, 4) is 17.2 Å². The molecule has 0 spiro atoms. The molecule has 2 aliphatic rings. The van der Waals surface area contributed by atoms with Gasteiger partial charge in [-0.05, 0) is 47.5 Å². The van der Waals surface area contributed by atoms with Crippen LogP contribution in [0.15, 0.2) is 77.7 Å². The van der Waals surface area contributed by atoms with E-state index in [4.69, 9.17) is 14.2 Å². The minimum atomic E-state index is -3.74. The molecule has 2 unspecified atom stereocenters. The highest BCUT2D eigenvalue weighted by Crippen LogP contribution is 2.37. The Labute approximate surface area is 204 Å². The molecule has 3 aromatic rings. The molecule has 0 radical (unpaired) electrons. The number of sulfonamides is 1. The monoisotopic (exact) mass is 494 g/mol. The largest absolute Gasteiger partial charge is 0.497 e. The van der Waals surface area contributed by atoms with Gasteiger partial charge in [0, 0.05) is 25.6 Å². The van der Waals surface area contributed by atoms with Crippen molar-refractivity contribution in [3.05, 3.63) is 83.9 Å². The number of fused-ring (bicyclic) bond motifs is 1. The van der Waals surface area contributed by atoms with E-state index in [0.717, 1.165) is 11.1 Å². The third kappa shape index (κ3) is 4.69. The van der Waals surface area contributed by atoms with Crippen molar-refractivity contribution in [2.45, 2.75) is 17.4 Å². The first-order valence-corrected chi connectivity index (χ1v) is 12.7. The van der Waals surface area contributed by atoms with Crippen molar-refractivity contribution in [2.75, 3.05) is 27.0 Å². The maximum absolute atomic E-state index is 13.4. The van der Waals surface area contributed by atoms with E-state index >= 15 is 0 Å². The van der Waals surface area contributed by atoms with E-state index < -0.39 is 15.9 Å². The van der Waals surface area contributed by atoms with Crippen LogP contribution >= 0.6 is 0 Å². The van der Waals surface area contributed by atoms with Gasteiger partial charge in [0.15, 0.2) is 11.5 Å². The quantitative estimate of drug-likeness (QED) is 0.542. The van der Waals surface area contributed by atoms with Crippen LogP contribution in [-0.4, -0.2) is 45.6 Å². The zero-order chi connectivity index (χ0) is 24.4. The van der Waals surface area contributed by atoms with Crippen molar-refractivity contribution in [1.29, 1.82) is 0 Å². The molecule has 2 aliphatic heterocycles. The van der Waals surface area contributed by atoms with Gasteiger partial charge >= 0.3 is 0 Å². The molecular weight excluding hydrogens is 468 g/mol. The highest BCUT2D eigenvalue weighted by molar-refractivity contribution is 7.89. The number of ether oxygens (including phenoxy) is 3. The summed E-state index contributed by atoms with van der Waals surface area (Å²) in [6.07, 6.45) is 0. The standard InChI is InChI=1S/C26H26N2O6S/c1-32-20-7-5-6-19(13-20)22-15-28(35(30,31)21-8-3-2-4-9-21)16-23(22)26(29)27-14-18-10-11-24-25(12-18)34-17-33-24/h2-13,22-23H,14-17H2,1H3,(H,27,29). The number of rotatable bonds is 7. The summed E-state index contributed by atoms with van der Waals surface area (Å²) in [6, 6.07) is 21.3. The second-order valence-corrected chi connectivity index (χ2v) is 10.5. The summed E-state index contributed by atoms with van der Waals surface area (Å²) >= 11 is 0. The van der Waals surface area contributed by atoms with Gasteiger partial charge in [0.1, 0.15) is 5.75 Å². The van der Waals surface area contributed by atoms with Crippen molar-refractivity contribution in [1.82, 2.24) is 9.62 Å². The maximum Gasteiger partial charge on any atom is 0.243 e. The van der Waals surface area contributed by atoms with Gasteiger partial charge in [-0.1, -0.05) is 36.4 Å². The molecule has 0 aliphatic carbocycles. The lowest BCUT2D eigenvalue weighted by Crippen LogP contribution is -2.35. The summed E-state index contributed by atoms with van der Waals surface area (Å²) in [7, 11) is -2.17. The van der Waals surface area contributed by atoms with Crippen LogP contribution in [0.3, 0.4) is 0 Å². The van der Waals surface area contributed by atoms with E-state index in [1.54, 1.807) is 37.4 Å². The van der Waals surface area contributed by atoms with Gasteiger partial charge in [0.25, 0.3) is 0 Å². The first-order chi connectivity index (χ1) is 17.0. The zero-order valence-corrected chi connectivity index (χ0v) is 20.0. The third-order valence-electron chi connectivity index (χ3n) is 6.43. The zero-order valence-electron chi connectivity index (χ0n) is 19.2. The Kier molecular flexibility index (Phi) is 6.36. The van der Waals surface area contributed by atoms with Crippen molar-refractivity contribution in [2.24, 2.45) is 5.92 Å². The van der Waals surface area contributed by atoms with E-state index in [1.807, 2.05) is 42.5 Å². The first-order valence-electron chi connectivity index (χ1n) is 11.3. The Morgan fingerprint density at radius 1 is 1.00 bits per heavy atom. The summed E-state index contributed by atoms with van der Waals surface area (Å²) in [4.78, 5) is 13.6. The molecule has 0 bridgehead atoms. The molecule has 3 aromatic carbocycles. The van der Waals surface area contributed by atoms with Crippen LogP contribution in [-0.2, 0) is 21.4 Å². The minimum absolute atomic E-state index is 0.0894. The van der Waals surface area contributed by atoms with Crippen LogP contribution in [0.1, 0.15) is 17.0 Å². The third-order valence-corrected chi connectivity index (χ3v) is 8.28. The maximum atomic E-state index is 13.4. The molecule has 2 heterocycles. The lowest BCUT2D eigenvalue weighted by atomic mass is 9.88. The van der Waals surface area contributed by atoms with E-state index in [0.29, 0.717) is 23.8 Å². The molecule has 1 N–H and O–H groups in total. The number of carbonyl (C=O) groups excluding carboxylic acids is 1. The van der Waals surface area contributed by atoms with Crippen LogP contribution in [0.25, 0.3) is 0 Å². The number of hydrogen-bond acceptors (Lipinski definition) is 6. The Balaban J connectivity index is 1.39. The molecule has 35 heavy (non-hydrogen) atoms. The number of hydrogen-bond donors (Lipinski definition) is 1. The van der Waals surface area contributed by atoms with Gasteiger partial charge in [0.2, 0.25) is 22.7 Å². The Morgan fingerprint density at radius 3 is 2.60 bits per heavy atom. The summed E-state index contributed by atoms with van der Waals surface area (Å²) in [5, 5.41) is 2.98. The molecule has 1 fully saturated rings. The number of nitrogens with zero attached hydrogens (tertiary/aromatic N) is 1. The summed E-state index contributed by atoms with van der Waals surface area (Å²) < 4.78 is 44.2. The fourth-order valence-corrected chi connectivity index (χ4v) is 6.07. The Hall–Kier alpha value is -3.56. The topological polar surface area (TPSA) is 94.2 Å².